The highest BCUT2D eigenvalue weighted by atomic mass is 35.5. The van der Waals surface area contributed by atoms with Crippen LogP contribution in [0.2, 0.25) is 5.02 Å². The number of rotatable bonds is 4. The third-order valence-electron chi connectivity index (χ3n) is 2.84. The number of halogens is 1. The molecule has 7 heteroatoms. The lowest BCUT2D eigenvalue weighted by atomic mass is 10.1. The smallest absolute Gasteiger partial charge is 0.261 e. The Bertz CT molecular complexity index is 785. The summed E-state index contributed by atoms with van der Waals surface area (Å²) < 4.78 is 26.8. The molecule has 0 aliphatic heterocycles. The zero-order valence-electron chi connectivity index (χ0n) is 11.0. The first-order chi connectivity index (χ1) is 9.79. The Morgan fingerprint density at radius 2 is 1.76 bits per heavy atom. The van der Waals surface area contributed by atoms with E-state index in [1.807, 2.05) is 0 Å². The number of carbonyl (C=O) groups is 1. The van der Waals surface area contributed by atoms with Crippen molar-refractivity contribution < 1.29 is 18.3 Å². The number of nitrogens with one attached hydrogen (secondary N) is 1. The van der Waals surface area contributed by atoms with Crippen molar-refractivity contribution in [2.24, 2.45) is 0 Å². The molecule has 0 aromatic heterocycles. The highest BCUT2D eigenvalue weighted by molar-refractivity contribution is 7.92. The third kappa shape index (κ3) is 3.53. The summed E-state index contributed by atoms with van der Waals surface area (Å²) in [7, 11) is -3.82. The van der Waals surface area contributed by atoms with Crippen molar-refractivity contribution in [1.82, 2.24) is 0 Å². The maximum Gasteiger partial charge on any atom is 0.261 e. The molecular weight excluding hydrogens is 314 g/mol. The molecule has 0 aliphatic rings. The SMILES string of the molecule is Cc1ccc(C(=O)[O-])cc1NS(=O)(=O)c1ccc(Cl)cc1. The number of carboxylic acids is 1. The molecule has 0 spiro atoms. The van der Waals surface area contributed by atoms with Crippen LogP contribution in [0.25, 0.3) is 0 Å². The predicted molar refractivity (Wildman–Crippen MR) is 77.8 cm³/mol. The van der Waals surface area contributed by atoms with Crippen LogP contribution in [0.4, 0.5) is 5.69 Å². The number of aromatic carboxylic acids is 1. The normalized spacial score (nSPS) is 11.1. The van der Waals surface area contributed by atoms with Crippen LogP contribution in [0.1, 0.15) is 15.9 Å². The second-order valence-corrected chi connectivity index (χ2v) is 6.50. The molecule has 0 fully saturated rings. The fourth-order valence-corrected chi connectivity index (χ4v) is 2.92. The second-order valence-electron chi connectivity index (χ2n) is 4.38. The Morgan fingerprint density at radius 3 is 2.33 bits per heavy atom. The van der Waals surface area contributed by atoms with Crippen LogP contribution in [0, 0.1) is 6.92 Å². The number of hydrogen-bond donors (Lipinski definition) is 1. The Morgan fingerprint density at radius 1 is 1.14 bits per heavy atom. The van der Waals surface area contributed by atoms with Crippen molar-refractivity contribution in [1.29, 1.82) is 0 Å². The molecule has 0 saturated carbocycles. The van der Waals surface area contributed by atoms with Gasteiger partial charge in [0.1, 0.15) is 0 Å². The fourth-order valence-electron chi connectivity index (χ4n) is 1.68. The van der Waals surface area contributed by atoms with Gasteiger partial charge in [-0.1, -0.05) is 23.7 Å². The molecule has 110 valence electrons. The summed E-state index contributed by atoms with van der Waals surface area (Å²) in [5.74, 6) is -1.37. The average molecular weight is 325 g/mol. The summed E-state index contributed by atoms with van der Waals surface area (Å²) in [4.78, 5) is 10.9. The monoisotopic (exact) mass is 324 g/mol. The first-order valence-electron chi connectivity index (χ1n) is 5.90. The second kappa shape index (κ2) is 5.75. The van der Waals surface area contributed by atoms with Gasteiger partial charge in [0, 0.05) is 5.02 Å². The minimum Gasteiger partial charge on any atom is -0.545 e. The largest absolute Gasteiger partial charge is 0.545 e. The van der Waals surface area contributed by atoms with Crippen LogP contribution in [0.5, 0.6) is 0 Å². The Kier molecular flexibility index (Phi) is 4.20. The molecule has 21 heavy (non-hydrogen) atoms. The van der Waals surface area contributed by atoms with E-state index in [4.69, 9.17) is 11.6 Å². The van der Waals surface area contributed by atoms with E-state index in [9.17, 15) is 18.3 Å². The topological polar surface area (TPSA) is 86.3 Å². The summed E-state index contributed by atoms with van der Waals surface area (Å²) in [5, 5.41) is 11.3. The predicted octanol–water partition coefficient (Wildman–Crippen LogP) is 1.81. The Labute approximate surface area is 127 Å². The van der Waals surface area contributed by atoms with Crippen LogP contribution < -0.4 is 9.83 Å². The van der Waals surface area contributed by atoms with Gasteiger partial charge < -0.3 is 9.90 Å². The van der Waals surface area contributed by atoms with Gasteiger partial charge in [-0.05, 0) is 48.4 Å². The third-order valence-corrected chi connectivity index (χ3v) is 4.47. The van der Waals surface area contributed by atoms with E-state index < -0.39 is 16.0 Å². The van der Waals surface area contributed by atoms with Gasteiger partial charge in [-0.15, -0.1) is 0 Å². The van der Waals surface area contributed by atoms with Gasteiger partial charge in [0.2, 0.25) is 0 Å². The van der Waals surface area contributed by atoms with Crippen molar-refractivity contribution in [3.8, 4) is 0 Å². The van der Waals surface area contributed by atoms with Crippen LogP contribution in [-0.2, 0) is 10.0 Å². The molecule has 0 amide bonds. The van der Waals surface area contributed by atoms with Gasteiger partial charge in [-0.3, -0.25) is 4.72 Å². The van der Waals surface area contributed by atoms with E-state index in [0.29, 0.717) is 10.6 Å². The number of carboxylic acid groups (broad SMARTS) is 1. The molecule has 2 aromatic carbocycles. The van der Waals surface area contributed by atoms with E-state index >= 15 is 0 Å². The van der Waals surface area contributed by atoms with Gasteiger partial charge in [0.05, 0.1) is 16.6 Å². The molecule has 1 N–H and O–H groups in total. The van der Waals surface area contributed by atoms with Crippen LogP contribution in [-0.4, -0.2) is 14.4 Å². The van der Waals surface area contributed by atoms with Gasteiger partial charge in [0.15, 0.2) is 0 Å². The lowest BCUT2D eigenvalue weighted by molar-refractivity contribution is -0.255. The van der Waals surface area contributed by atoms with E-state index in [2.05, 4.69) is 4.72 Å². The average Bonchev–Trinajstić information content (AvgIpc) is 2.41. The summed E-state index contributed by atoms with van der Waals surface area (Å²) in [6.07, 6.45) is 0. The maximum atomic E-state index is 12.2. The molecule has 2 rings (SSSR count). The number of benzene rings is 2. The Balaban J connectivity index is 2.38. The number of anilines is 1. The Hall–Kier alpha value is -2.05. The molecule has 0 heterocycles. The molecule has 0 unspecified atom stereocenters. The standard InChI is InChI=1S/C14H12ClNO4S/c1-9-2-3-10(14(17)18)8-13(9)16-21(19,20)12-6-4-11(15)5-7-12/h2-8,16H,1H3,(H,17,18)/p-1. The van der Waals surface area contributed by atoms with Gasteiger partial charge in [-0.25, -0.2) is 8.42 Å². The van der Waals surface area contributed by atoms with Gasteiger partial charge in [0.25, 0.3) is 10.0 Å². The quantitative estimate of drug-likeness (QED) is 0.929. The van der Waals surface area contributed by atoms with Crippen molar-refractivity contribution in [2.75, 3.05) is 4.72 Å². The minimum absolute atomic E-state index is 0.0325. The number of aryl methyl sites for hydroxylation is 1. The van der Waals surface area contributed by atoms with E-state index in [1.54, 1.807) is 6.92 Å². The molecule has 0 saturated heterocycles. The minimum atomic E-state index is -3.82. The van der Waals surface area contributed by atoms with Crippen LogP contribution >= 0.6 is 11.6 Å². The zero-order valence-corrected chi connectivity index (χ0v) is 12.5. The number of carbonyl (C=O) groups excluding carboxylic acids is 1. The van der Waals surface area contributed by atoms with Crippen LogP contribution in [0.15, 0.2) is 47.4 Å². The molecule has 0 bridgehead atoms. The molecule has 0 aliphatic carbocycles. The molecule has 5 nitrogen and oxygen atoms in total. The lowest BCUT2D eigenvalue weighted by Crippen LogP contribution is -2.22. The summed E-state index contributed by atoms with van der Waals surface area (Å²) >= 11 is 5.72. The number of hydrogen-bond acceptors (Lipinski definition) is 4. The van der Waals surface area contributed by atoms with Crippen molar-refractivity contribution in [2.45, 2.75) is 11.8 Å². The van der Waals surface area contributed by atoms with Gasteiger partial charge in [-0.2, -0.15) is 0 Å². The molecule has 2 aromatic rings. The maximum absolute atomic E-state index is 12.2. The van der Waals surface area contributed by atoms with Crippen molar-refractivity contribution in [3.05, 3.63) is 58.6 Å². The summed E-state index contributed by atoms with van der Waals surface area (Å²) in [6.45, 7) is 1.67. The van der Waals surface area contributed by atoms with Gasteiger partial charge >= 0.3 is 0 Å². The fraction of sp³-hybridized carbons (Fsp3) is 0.0714. The molecular formula is C14H11ClNO4S-. The van der Waals surface area contributed by atoms with E-state index in [1.165, 1.54) is 42.5 Å². The summed E-state index contributed by atoms with van der Waals surface area (Å²) in [6, 6.07) is 9.72. The molecule has 0 atom stereocenters. The van der Waals surface area contributed by atoms with E-state index in [0.717, 1.165) is 0 Å². The first kappa shape index (κ1) is 15.3. The van der Waals surface area contributed by atoms with Crippen LogP contribution in [0.3, 0.4) is 0 Å². The van der Waals surface area contributed by atoms with Crippen molar-refractivity contribution in [3.63, 3.8) is 0 Å². The highest BCUT2D eigenvalue weighted by Crippen LogP contribution is 2.22. The van der Waals surface area contributed by atoms with Crippen molar-refractivity contribution >= 4 is 33.3 Å². The lowest BCUT2D eigenvalue weighted by Gasteiger charge is -2.12. The zero-order chi connectivity index (χ0) is 15.6. The first-order valence-corrected chi connectivity index (χ1v) is 7.76. The molecule has 0 radical (unpaired) electrons. The van der Waals surface area contributed by atoms with E-state index in [-0.39, 0.29) is 16.1 Å². The highest BCUT2D eigenvalue weighted by Gasteiger charge is 2.15. The summed E-state index contributed by atoms with van der Waals surface area (Å²) in [5.41, 5.74) is 0.679. The number of sulfonamides is 1.